The number of amides is 1. The van der Waals surface area contributed by atoms with Gasteiger partial charge in [0.05, 0.1) is 6.54 Å². The molecule has 1 N–H and O–H groups in total. The summed E-state index contributed by atoms with van der Waals surface area (Å²) in [6, 6.07) is 6.15. The van der Waals surface area contributed by atoms with Gasteiger partial charge in [0.2, 0.25) is 5.91 Å². The molecular weight excluding hydrogens is 226 g/mol. The largest absolute Gasteiger partial charge is 0.491 e. The fourth-order valence-corrected chi connectivity index (χ4v) is 2.01. The van der Waals surface area contributed by atoms with Crippen LogP contribution in [0.4, 0.5) is 0 Å². The Hall–Kier alpha value is -1.51. The molecule has 0 atom stereocenters. The van der Waals surface area contributed by atoms with E-state index in [1.165, 1.54) is 12.0 Å². The molecule has 0 bridgehead atoms. The molecule has 1 saturated carbocycles. The van der Waals surface area contributed by atoms with Crippen LogP contribution in [0.25, 0.3) is 0 Å². The van der Waals surface area contributed by atoms with Gasteiger partial charge in [0, 0.05) is 5.92 Å². The van der Waals surface area contributed by atoms with E-state index in [-0.39, 0.29) is 11.8 Å². The van der Waals surface area contributed by atoms with Gasteiger partial charge in [-0.2, -0.15) is 0 Å². The van der Waals surface area contributed by atoms with Gasteiger partial charge in [0.25, 0.3) is 0 Å². The molecule has 0 aromatic heterocycles. The van der Waals surface area contributed by atoms with Crippen molar-refractivity contribution >= 4 is 5.91 Å². The molecule has 2 rings (SSSR count). The molecule has 0 spiro atoms. The smallest absolute Gasteiger partial charge is 0.223 e. The van der Waals surface area contributed by atoms with E-state index >= 15 is 0 Å². The molecule has 1 aliphatic carbocycles. The summed E-state index contributed by atoms with van der Waals surface area (Å²) in [5, 5.41) is 2.92. The van der Waals surface area contributed by atoms with Crippen molar-refractivity contribution in [2.45, 2.75) is 33.1 Å². The minimum atomic E-state index is 0.186. The van der Waals surface area contributed by atoms with Crippen molar-refractivity contribution in [1.82, 2.24) is 5.32 Å². The third-order valence-corrected chi connectivity index (χ3v) is 3.48. The zero-order chi connectivity index (χ0) is 13.0. The van der Waals surface area contributed by atoms with Crippen molar-refractivity contribution in [2.24, 2.45) is 5.92 Å². The van der Waals surface area contributed by atoms with Gasteiger partial charge in [-0.1, -0.05) is 18.6 Å². The third kappa shape index (κ3) is 3.25. The maximum absolute atomic E-state index is 11.6. The quantitative estimate of drug-likeness (QED) is 0.812. The van der Waals surface area contributed by atoms with E-state index in [4.69, 9.17) is 4.74 Å². The van der Waals surface area contributed by atoms with Crippen molar-refractivity contribution < 1.29 is 9.53 Å². The number of aryl methyl sites for hydroxylation is 2. The first-order valence-corrected chi connectivity index (χ1v) is 6.64. The highest BCUT2D eigenvalue weighted by atomic mass is 16.5. The Kier molecular flexibility index (Phi) is 4.24. The van der Waals surface area contributed by atoms with Crippen molar-refractivity contribution in [1.29, 1.82) is 0 Å². The van der Waals surface area contributed by atoms with Crippen LogP contribution in [0.1, 0.15) is 30.4 Å². The normalized spacial score (nSPS) is 15.0. The molecule has 1 aliphatic rings. The van der Waals surface area contributed by atoms with Crippen LogP contribution < -0.4 is 10.1 Å². The molecule has 1 aromatic carbocycles. The number of carbonyl (C=O) groups excluding carboxylic acids is 1. The van der Waals surface area contributed by atoms with Crippen LogP contribution in [-0.4, -0.2) is 19.1 Å². The van der Waals surface area contributed by atoms with Crippen molar-refractivity contribution in [3.05, 3.63) is 29.3 Å². The zero-order valence-corrected chi connectivity index (χ0v) is 11.2. The number of carbonyl (C=O) groups is 1. The van der Waals surface area contributed by atoms with Gasteiger partial charge >= 0.3 is 0 Å². The van der Waals surface area contributed by atoms with Gasteiger partial charge in [-0.3, -0.25) is 4.79 Å². The van der Waals surface area contributed by atoms with Crippen LogP contribution in [0.5, 0.6) is 5.75 Å². The van der Waals surface area contributed by atoms with Crippen LogP contribution >= 0.6 is 0 Å². The van der Waals surface area contributed by atoms with Gasteiger partial charge in [-0.05, 0) is 43.9 Å². The number of rotatable bonds is 5. The summed E-state index contributed by atoms with van der Waals surface area (Å²) in [6.45, 7) is 5.19. The summed E-state index contributed by atoms with van der Waals surface area (Å²) in [6.07, 6.45) is 3.28. The summed E-state index contributed by atoms with van der Waals surface area (Å²) in [5.41, 5.74) is 2.32. The van der Waals surface area contributed by atoms with E-state index in [0.29, 0.717) is 13.2 Å². The molecule has 0 unspecified atom stereocenters. The van der Waals surface area contributed by atoms with E-state index in [2.05, 4.69) is 17.4 Å². The highest BCUT2D eigenvalue weighted by Crippen LogP contribution is 2.26. The lowest BCUT2D eigenvalue weighted by atomic mass is 9.85. The lowest BCUT2D eigenvalue weighted by molar-refractivity contribution is -0.127. The molecule has 3 heteroatoms. The predicted molar refractivity (Wildman–Crippen MR) is 71.8 cm³/mol. The van der Waals surface area contributed by atoms with Gasteiger partial charge in [0.1, 0.15) is 12.4 Å². The highest BCUT2D eigenvalue weighted by Gasteiger charge is 2.24. The van der Waals surface area contributed by atoms with Gasteiger partial charge in [0.15, 0.2) is 0 Å². The second-order valence-electron chi connectivity index (χ2n) is 5.04. The maximum atomic E-state index is 11.6. The zero-order valence-electron chi connectivity index (χ0n) is 11.2. The van der Waals surface area contributed by atoms with Crippen LogP contribution in [-0.2, 0) is 4.79 Å². The van der Waals surface area contributed by atoms with Gasteiger partial charge in [-0.15, -0.1) is 0 Å². The summed E-state index contributed by atoms with van der Waals surface area (Å²) in [4.78, 5) is 11.6. The van der Waals surface area contributed by atoms with Crippen LogP contribution in [0.3, 0.4) is 0 Å². The first kappa shape index (κ1) is 12.9. The lowest BCUT2D eigenvalue weighted by Crippen LogP contribution is -2.36. The number of ether oxygens (including phenoxy) is 1. The topological polar surface area (TPSA) is 38.3 Å². The standard InChI is InChI=1S/C15H21NO2/c1-11-6-7-12(2)14(10-11)18-9-8-16-15(17)13-4-3-5-13/h6-7,10,13H,3-5,8-9H2,1-2H3,(H,16,17). The molecular formula is C15H21NO2. The number of hydrogen-bond donors (Lipinski definition) is 1. The summed E-state index contributed by atoms with van der Waals surface area (Å²) < 4.78 is 5.68. The SMILES string of the molecule is Cc1ccc(C)c(OCCNC(=O)C2CCC2)c1. The first-order chi connectivity index (χ1) is 8.66. The van der Waals surface area contributed by atoms with Crippen molar-refractivity contribution in [3.63, 3.8) is 0 Å². The fraction of sp³-hybridized carbons (Fsp3) is 0.533. The van der Waals surface area contributed by atoms with E-state index < -0.39 is 0 Å². The Bertz CT molecular complexity index is 425. The number of nitrogens with one attached hydrogen (secondary N) is 1. The fourth-order valence-electron chi connectivity index (χ4n) is 2.01. The predicted octanol–water partition coefficient (Wildman–Crippen LogP) is 2.60. The van der Waals surface area contributed by atoms with E-state index in [1.54, 1.807) is 0 Å². The van der Waals surface area contributed by atoms with E-state index in [9.17, 15) is 4.79 Å². The molecule has 1 amide bonds. The molecule has 18 heavy (non-hydrogen) atoms. The Morgan fingerprint density at radius 2 is 2.17 bits per heavy atom. The first-order valence-electron chi connectivity index (χ1n) is 6.64. The van der Waals surface area contributed by atoms with E-state index in [0.717, 1.165) is 24.2 Å². The molecule has 0 heterocycles. The Morgan fingerprint density at radius 1 is 1.39 bits per heavy atom. The average molecular weight is 247 g/mol. The summed E-state index contributed by atoms with van der Waals surface area (Å²) in [5.74, 6) is 1.35. The minimum absolute atomic E-state index is 0.186. The third-order valence-electron chi connectivity index (χ3n) is 3.48. The molecule has 3 nitrogen and oxygen atoms in total. The lowest BCUT2D eigenvalue weighted by Gasteiger charge is -2.24. The average Bonchev–Trinajstić information content (AvgIpc) is 2.26. The number of hydrogen-bond acceptors (Lipinski definition) is 2. The van der Waals surface area contributed by atoms with Gasteiger partial charge in [-0.25, -0.2) is 0 Å². The van der Waals surface area contributed by atoms with Gasteiger partial charge < -0.3 is 10.1 Å². The van der Waals surface area contributed by atoms with Crippen molar-refractivity contribution in [3.8, 4) is 5.75 Å². The molecule has 0 aliphatic heterocycles. The second kappa shape index (κ2) is 5.89. The van der Waals surface area contributed by atoms with E-state index in [1.807, 2.05) is 19.9 Å². The molecule has 1 aromatic rings. The Balaban J connectivity index is 1.71. The highest BCUT2D eigenvalue weighted by molar-refractivity contribution is 5.79. The van der Waals surface area contributed by atoms with Crippen molar-refractivity contribution in [2.75, 3.05) is 13.2 Å². The molecule has 0 radical (unpaired) electrons. The Labute approximate surface area is 109 Å². The second-order valence-corrected chi connectivity index (χ2v) is 5.04. The maximum Gasteiger partial charge on any atom is 0.223 e. The van der Waals surface area contributed by atoms with Crippen LogP contribution in [0.2, 0.25) is 0 Å². The molecule has 1 fully saturated rings. The number of benzene rings is 1. The summed E-state index contributed by atoms with van der Waals surface area (Å²) in [7, 11) is 0. The van der Waals surface area contributed by atoms with Crippen LogP contribution in [0.15, 0.2) is 18.2 Å². The van der Waals surface area contributed by atoms with Crippen LogP contribution in [0, 0.1) is 19.8 Å². The molecule has 0 saturated heterocycles. The Morgan fingerprint density at radius 3 is 2.83 bits per heavy atom. The monoisotopic (exact) mass is 247 g/mol. The summed E-state index contributed by atoms with van der Waals surface area (Å²) >= 11 is 0. The minimum Gasteiger partial charge on any atom is -0.491 e. The molecule has 98 valence electrons.